The third-order valence-corrected chi connectivity index (χ3v) is 12.5. The maximum Gasteiger partial charge on any atom is 0.126 e. The van der Waals surface area contributed by atoms with E-state index in [1.165, 1.54) is 22.9 Å². The van der Waals surface area contributed by atoms with Crippen LogP contribution in [0.5, 0.6) is 0 Å². The van der Waals surface area contributed by atoms with Crippen molar-refractivity contribution in [1.29, 1.82) is 0 Å². The predicted molar refractivity (Wildman–Crippen MR) is 234 cm³/mol. The monoisotopic (exact) mass is 952 g/mol. The van der Waals surface area contributed by atoms with E-state index in [4.69, 9.17) is 10.2 Å². The number of rotatable bonds is 6. The second kappa shape index (κ2) is 16.1. The molecule has 4 nitrogen and oxygen atoms in total. The Morgan fingerprint density at radius 1 is 0.603 bits per heavy atom. The van der Waals surface area contributed by atoms with Crippen LogP contribution >= 0.6 is 0 Å². The van der Waals surface area contributed by atoms with Crippen LogP contribution in [0, 0.1) is 17.9 Å². The topological polar surface area (TPSA) is 52.1 Å². The quantitative estimate of drug-likeness (QED) is 0.123. The van der Waals surface area contributed by atoms with Crippen LogP contribution in [-0.4, -0.2) is 18.0 Å². The van der Waals surface area contributed by atoms with Gasteiger partial charge in [0, 0.05) is 56.6 Å². The Hall–Kier alpha value is -5.98. The van der Waals surface area contributed by atoms with Gasteiger partial charge in [-0.2, -0.15) is 0 Å². The number of pyridine rings is 2. The molecule has 58 heavy (non-hydrogen) atoms. The van der Waals surface area contributed by atoms with Crippen LogP contribution < -0.4 is 5.19 Å². The van der Waals surface area contributed by atoms with E-state index in [2.05, 4.69) is 72.1 Å². The zero-order valence-electron chi connectivity index (χ0n) is 33.4. The summed E-state index contributed by atoms with van der Waals surface area (Å²) in [6, 6.07) is 53.6. The first-order valence-electron chi connectivity index (χ1n) is 19.5. The largest absolute Gasteiger partial charge is 0.501 e. The molecular weight excluding hydrogens is 912 g/mol. The van der Waals surface area contributed by atoms with Crippen molar-refractivity contribution in [2.24, 2.45) is 0 Å². The molecule has 10 aromatic rings. The average Bonchev–Trinajstić information content (AvgIpc) is 3.82. The van der Waals surface area contributed by atoms with Crippen molar-refractivity contribution in [1.82, 2.24) is 9.97 Å². The molecule has 1 unspecified atom stereocenters. The van der Waals surface area contributed by atoms with Gasteiger partial charge >= 0.3 is 0 Å². The van der Waals surface area contributed by atoms with Crippen molar-refractivity contribution in [3.8, 4) is 33.6 Å². The van der Waals surface area contributed by atoms with Gasteiger partial charge in [-0.3, -0.25) is 0 Å². The molecule has 6 aromatic carbocycles. The van der Waals surface area contributed by atoms with Gasteiger partial charge in [-0.25, -0.2) is 4.39 Å². The molecule has 0 N–H and O–H groups in total. The number of aromatic nitrogens is 2. The maximum absolute atomic E-state index is 13.5. The molecule has 1 atom stereocenters. The van der Waals surface area contributed by atoms with E-state index < -0.39 is 14.0 Å². The Labute approximate surface area is 353 Å². The van der Waals surface area contributed by atoms with Crippen LogP contribution in [0.15, 0.2) is 167 Å². The molecule has 0 aliphatic rings. The molecular formula is C51H39FIrN2O2Si-2. The third kappa shape index (κ3) is 7.57. The molecule has 0 aliphatic carbocycles. The molecule has 4 heterocycles. The first-order valence-corrected chi connectivity index (χ1v) is 22.5. The summed E-state index contributed by atoms with van der Waals surface area (Å²) in [6.07, 6.45) is 3.72. The average molecular weight is 952 g/mol. The fourth-order valence-electron chi connectivity index (χ4n) is 7.29. The molecule has 4 aromatic heterocycles. The summed E-state index contributed by atoms with van der Waals surface area (Å²) in [6.45, 7) is 8.80. The van der Waals surface area contributed by atoms with Crippen LogP contribution in [0.1, 0.15) is 25.3 Å². The summed E-state index contributed by atoms with van der Waals surface area (Å²) in [7, 11) is -1.38. The maximum atomic E-state index is 13.5. The summed E-state index contributed by atoms with van der Waals surface area (Å²) >= 11 is 0. The number of benzene rings is 6. The summed E-state index contributed by atoms with van der Waals surface area (Å²) in [4.78, 5) is 9.25. The Balaban J connectivity index is 0.000000171. The van der Waals surface area contributed by atoms with E-state index in [1.807, 2.05) is 110 Å². The van der Waals surface area contributed by atoms with Gasteiger partial charge in [-0.1, -0.05) is 133 Å². The van der Waals surface area contributed by atoms with Gasteiger partial charge in [0.1, 0.15) is 17.0 Å². The van der Waals surface area contributed by atoms with Gasteiger partial charge in [0.25, 0.3) is 0 Å². The molecule has 0 saturated carbocycles. The molecule has 0 fully saturated rings. The Kier molecular flexibility index (Phi) is 10.4. The first kappa shape index (κ1) is 37.6. The summed E-state index contributed by atoms with van der Waals surface area (Å²) in [5.74, 6) is -1.20. The standard InChI is InChI=1S/C31H22NO.C20H17FNOSi.Ir/c1-21(22-9-4-2-5-10-22)24-17-18-32-29(20-24)27-14-8-13-26-28-19-25(23-11-6-3-7-12-23)15-16-30(28)33-31(26)27;1-24(2,3)14-8-10-18(22-12-14)17-6-4-5-16-15-9-7-13(21)11-19(15)23-20(16)17;/h2-13,15-21H,1H3;4-5,7-12H,1-3H3;/q2*-1;/i21D;;. The van der Waals surface area contributed by atoms with Gasteiger partial charge in [0.2, 0.25) is 0 Å². The van der Waals surface area contributed by atoms with E-state index in [0.29, 0.717) is 11.2 Å². The number of hydrogen-bond acceptors (Lipinski definition) is 4. The number of furan rings is 2. The summed E-state index contributed by atoms with van der Waals surface area (Å²) in [5, 5.41) is 5.27. The zero-order valence-corrected chi connectivity index (χ0v) is 35.8. The van der Waals surface area contributed by atoms with Crippen molar-refractivity contribution in [2.75, 3.05) is 0 Å². The van der Waals surface area contributed by atoms with Crippen LogP contribution in [0.3, 0.4) is 0 Å². The minimum atomic E-state index is -1.38. The Morgan fingerprint density at radius 2 is 1.28 bits per heavy atom. The fraction of sp³-hybridized carbons (Fsp3) is 0.0980. The van der Waals surface area contributed by atoms with Crippen LogP contribution in [0.25, 0.3) is 77.5 Å². The molecule has 0 aliphatic heterocycles. The molecule has 7 heteroatoms. The van der Waals surface area contributed by atoms with Crippen LogP contribution in [-0.2, 0) is 20.1 Å². The van der Waals surface area contributed by atoms with Gasteiger partial charge in [0.05, 0.1) is 19.2 Å². The zero-order chi connectivity index (χ0) is 40.0. The van der Waals surface area contributed by atoms with Crippen molar-refractivity contribution < 1.29 is 34.7 Å². The normalized spacial score (nSPS) is 12.8. The summed E-state index contributed by atoms with van der Waals surface area (Å²) < 4.78 is 34.8. The molecule has 0 saturated heterocycles. The number of nitrogens with zero attached hydrogens (tertiary/aromatic N) is 2. The van der Waals surface area contributed by atoms with Crippen molar-refractivity contribution in [3.05, 3.63) is 187 Å². The van der Waals surface area contributed by atoms with Gasteiger partial charge in [-0.15, -0.1) is 36.4 Å². The van der Waals surface area contributed by atoms with E-state index in [1.54, 1.807) is 12.3 Å². The van der Waals surface area contributed by atoms with Gasteiger partial charge in [0.15, 0.2) is 0 Å². The van der Waals surface area contributed by atoms with Crippen molar-refractivity contribution >= 4 is 57.1 Å². The Morgan fingerprint density at radius 3 is 1.97 bits per heavy atom. The minimum Gasteiger partial charge on any atom is -0.501 e. The molecule has 1 radical (unpaired) electrons. The SMILES string of the molecule is C[Si](C)(C)c1ccc(-c2[c-]ccc3c2oc2cc(F)ccc23)nc1.[2H]C(C)(c1ccccc1)c1ccnc(-c2[c-]ccc3c2oc2ccc(-c4ccccc4)cc23)c1.[Ir]. The van der Waals surface area contributed by atoms with Crippen LogP contribution in [0.4, 0.5) is 4.39 Å². The van der Waals surface area contributed by atoms with E-state index in [-0.39, 0.29) is 25.9 Å². The molecule has 0 spiro atoms. The third-order valence-electron chi connectivity index (χ3n) is 10.5. The van der Waals surface area contributed by atoms with E-state index >= 15 is 0 Å². The van der Waals surface area contributed by atoms with Gasteiger partial charge in [-0.05, 0) is 69.2 Å². The second-order valence-corrected chi connectivity index (χ2v) is 20.3. The Bertz CT molecular complexity index is 3090. The van der Waals surface area contributed by atoms with E-state index in [0.717, 1.165) is 71.9 Å². The second-order valence-electron chi connectivity index (χ2n) is 15.2. The first-order chi connectivity index (χ1) is 28.0. The number of halogens is 1. The predicted octanol–water partition coefficient (Wildman–Crippen LogP) is 13.4. The van der Waals surface area contributed by atoms with Crippen LogP contribution in [0.2, 0.25) is 19.6 Å². The van der Waals surface area contributed by atoms with E-state index in [9.17, 15) is 4.39 Å². The fourth-order valence-corrected chi connectivity index (χ4v) is 8.32. The molecule has 10 rings (SSSR count). The smallest absolute Gasteiger partial charge is 0.126 e. The minimum absolute atomic E-state index is 0. The molecule has 0 bridgehead atoms. The number of fused-ring (bicyclic) bond motifs is 6. The summed E-state index contributed by atoms with van der Waals surface area (Å²) in [5.41, 5.74) is 10.2. The van der Waals surface area contributed by atoms with Gasteiger partial charge < -0.3 is 18.8 Å². The molecule has 287 valence electrons. The molecule has 0 amide bonds. The van der Waals surface area contributed by atoms with Crippen molar-refractivity contribution in [3.63, 3.8) is 0 Å². The van der Waals surface area contributed by atoms with Crippen molar-refractivity contribution in [2.45, 2.75) is 32.5 Å². The number of hydrogen-bond donors (Lipinski definition) is 0.